The first kappa shape index (κ1) is 13.5. The molecule has 0 bridgehead atoms. The molecule has 2 aromatic rings. The summed E-state index contributed by atoms with van der Waals surface area (Å²) in [4.78, 5) is 11.7. The molecule has 0 aromatic carbocycles. The van der Waals surface area contributed by atoms with E-state index >= 15 is 0 Å². The fraction of sp³-hybridized carbons (Fsp3) is 0.600. The Balaban J connectivity index is 1.99. The second-order valence-corrected chi connectivity index (χ2v) is 5.65. The van der Waals surface area contributed by atoms with Crippen LogP contribution in [0, 0.1) is 0 Å². The van der Waals surface area contributed by atoms with E-state index in [-0.39, 0.29) is 6.61 Å². The molecule has 1 aliphatic heterocycles. The van der Waals surface area contributed by atoms with E-state index in [2.05, 4.69) is 21.5 Å². The molecule has 108 valence electrons. The quantitative estimate of drug-likeness (QED) is 0.920. The van der Waals surface area contributed by atoms with Gasteiger partial charge in [-0.25, -0.2) is 9.97 Å². The van der Waals surface area contributed by atoms with Crippen LogP contribution in [-0.2, 0) is 6.54 Å². The number of pyridine rings is 1. The number of aromatic nitrogens is 3. The Bertz CT molecular complexity index is 580. The second kappa shape index (κ2) is 5.89. The van der Waals surface area contributed by atoms with E-state index < -0.39 is 0 Å². The molecule has 3 rings (SSSR count). The molecular formula is C15H22N4O. The summed E-state index contributed by atoms with van der Waals surface area (Å²) < 4.78 is 2.20. The van der Waals surface area contributed by atoms with Crippen LogP contribution >= 0.6 is 0 Å². The summed E-state index contributed by atoms with van der Waals surface area (Å²) in [6.07, 6.45) is 4.97. The summed E-state index contributed by atoms with van der Waals surface area (Å²) in [5, 5.41) is 9.12. The zero-order valence-electron chi connectivity index (χ0n) is 12.0. The lowest BCUT2D eigenvalue weighted by Crippen LogP contribution is -2.32. The van der Waals surface area contributed by atoms with Crippen molar-refractivity contribution in [2.24, 2.45) is 0 Å². The minimum absolute atomic E-state index is 0.205. The maximum Gasteiger partial charge on any atom is 0.159 e. The van der Waals surface area contributed by atoms with Crippen molar-refractivity contribution in [2.45, 2.75) is 31.7 Å². The van der Waals surface area contributed by atoms with Gasteiger partial charge >= 0.3 is 0 Å². The van der Waals surface area contributed by atoms with Crippen molar-refractivity contribution in [1.29, 1.82) is 0 Å². The summed E-state index contributed by atoms with van der Waals surface area (Å²) in [5.41, 5.74) is 1.91. The van der Waals surface area contributed by atoms with Crippen molar-refractivity contribution in [3.05, 3.63) is 24.2 Å². The highest BCUT2D eigenvalue weighted by atomic mass is 16.3. The Morgan fingerprint density at radius 3 is 3.15 bits per heavy atom. The fourth-order valence-corrected chi connectivity index (χ4v) is 3.11. The number of aryl methyl sites for hydroxylation is 1. The molecule has 5 heteroatoms. The summed E-state index contributed by atoms with van der Waals surface area (Å²) in [7, 11) is 2.17. The molecule has 0 radical (unpaired) electrons. The van der Waals surface area contributed by atoms with E-state index in [1.165, 1.54) is 19.4 Å². The third-order valence-corrected chi connectivity index (χ3v) is 4.06. The van der Waals surface area contributed by atoms with Crippen molar-refractivity contribution in [1.82, 2.24) is 19.4 Å². The van der Waals surface area contributed by atoms with Gasteiger partial charge in [0.1, 0.15) is 11.3 Å². The molecule has 0 amide bonds. The first-order valence-electron chi connectivity index (χ1n) is 7.40. The number of likely N-dealkylation sites (tertiary alicyclic amines) is 1. The van der Waals surface area contributed by atoms with Gasteiger partial charge in [-0.15, -0.1) is 0 Å². The molecule has 0 spiro atoms. The van der Waals surface area contributed by atoms with Crippen molar-refractivity contribution < 1.29 is 5.11 Å². The molecule has 0 saturated carbocycles. The maximum absolute atomic E-state index is 9.12. The monoisotopic (exact) mass is 274 g/mol. The standard InChI is InChI=1S/C15H22N4O/c1-18-8-3-5-12(11-18)14-17-13-6-2-7-16-15(13)19(14)9-4-10-20/h2,6-7,12,20H,3-5,8-11H2,1H3. The summed E-state index contributed by atoms with van der Waals surface area (Å²) in [6.45, 7) is 3.23. The van der Waals surface area contributed by atoms with Crippen LogP contribution in [0.4, 0.5) is 0 Å². The van der Waals surface area contributed by atoms with E-state index in [1.54, 1.807) is 0 Å². The third kappa shape index (κ3) is 2.55. The Morgan fingerprint density at radius 2 is 2.35 bits per heavy atom. The highest BCUT2D eigenvalue weighted by Gasteiger charge is 2.24. The molecule has 1 saturated heterocycles. The molecule has 1 aliphatic rings. The highest BCUT2D eigenvalue weighted by molar-refractivity contribution is 5.71. The number of imidazole rings is 1. The van der Waals surface area contributed by atoms with Crippen molar-refractivity contribution in [2.75, 3.05) is 26.7 Å². The molecule has 2 aromatic heterocycles. The van der Waals surface area contributed by atoms with Crippen molar-refractivity contribution in [3.63, 3.8) is 0 Å². The second-order valence-electron chi connectivity index (χ2n) is 5.65. The first-order valence-corrected chi connectivity index (χ1v) is 7.40. The van der Waals surface area contributed by atoms with Crippen LogP contribution < -0.4 is 0 Å². The number of piperidine rings is 1. The van der Waals surface area contributed by atoms with Crippen LogP contribution in [-0.4, -0.2) is 51.3 Å². The number of fused-ring (bicyclic) bond motifs is 1. The van der Waals surface area contributed by atoms with Crippen LogP contribution in [0.3, 0.4) is 0 Å². The van der Waals surface area contributed by atoms with Crippen LogP contribution in [0.1, 0.15) is 31.0 Å². The number of nitrogens with zero attached hydrogens (tertiary/aromatic N) is 4. The maximum atomic E-state index is 9.12. The van der Waals surface area contributed by atoms with Gasteiger partial charge in [0.05, 0.1) is 0 Å². The van der Waals surface area contributed by atoms with Crippen LogP contribution in [0.25, 0.3) is 11.2 Å². The van der Waals surface area contributed by atoms with Gasteiger partial charge in [-0.3, -0.25) is 0 Å². The first-order chi connectivity index (χ1) is 9.79. The normalized spacial score (nSPS) is 20.6. The Labute approximate surface area is 119 Å². The van der Waals surface area contributed by atoms with Crippen molar-refractivity contribution in [3.8, 4) is 0 Å². The molecule has 1 atom stereocenters. The van der Waals surface area contributed by atoms with Gasteiger partial charge < -0.3 is 14.6 Å². The number of hydrogen-bond donors (Lipinski definition) is 1. The van der Waals surface area contributed by atoms with Crippen molar-refractivity contribution >= 4 is 11.2 Å². The van der Waals surface area contributed by atoms with Crippen LogP contribution in [0.15, 0.2) is 18.3 Å². The molecule has 0 aliphatic carbocycles. The van der Waals surface area contributed by atoms with Gasteiger partial charge in [-0.1, -0.05) is 0 Å². The van der Waals surface area contributed by atoms with Gasteiger partial charge in [-0.2, -0.15) is 0 Å². The molecule has 1 fully saturated rings. The van der Waals surface area contributed by atoms with E-state index in [4.69, 9.17) is 10.1 Å². The molecule has 5 nitrogen and oxygen atoms in total. The van der Waals surface area contributed by atoms with Gasteiger partial charge in [0, 0.05) is 31.8 Å². The number of aliphatic hydroxyl groups is 1. The summed E-state index contributed by atoms with van der Waals surface area (Å²) in [6, 6.07) is 3.95. The zero-order chi connectivity index (χ0) is 13.9. The Morgan fingerprint density at radius 1 is 1.45 bits per heavy atom. The molecular weight excluding hydrogens is 252 g/mol. The number of aliphatic hydroxyl groups excluding tert-OH is 1. The topological polar surface area (TPSA) is 54.2 Å². The fourth-order valence-electron chi connectivity index (χ4n) is 3.11. The molecule has 1 N–H and O–H groups in total. The smallest absolute Gasteiger partial charge is 0.159 e. The van der Waals surface area contributed by atoms with Gasteiger partial charge in [-0.05, 0) is 45.0 Å². The van der Waals surface area contributed by atoms with E-state index in [0.29, 0.717) is 5.92 Å². The minimum atomic E-state index is 0.205. The lowest BCUT2D eigenvalue weighted by molar-refractivity contribution is 0.240. The largest absolute Gasteiger partial charge is 0.396 e. The minimum Gasteiger partial charge on any atom is -0.396 e. The Kier molecular flexibility index (Phi) is 3.98. The Hall–Kier alpha value is -1.46. The highest BCUT2D eigenvalue weighted by Crippen LogP contribution is 2.28. The average molecular weight is 274 g/mol. The molecule has 1 unspecified atom stereocenters. The van der Waals surface area contributed by atoms with Gasteiger partial charge in [0.15, 0.2) is 5.65 Å². The predicted molar refractivity (Wildman–Crippen MR) is 78.7 cm³/mol. The number of rotatable bonds is 4. The van der Waals surface area contributed by atoms with Crippen LogP contribution in [0.2, 0.25) is 0 Å². The number of hydrogen-bond acceptors (Lipinski definition) is 4. The number of likely N-dealkylation sites (N-methyl/N-ethyl adjacent to an activating group) is 1. The molecule has 3 heterocycles. The summed E-state index contributed by atoms with van der Waals surface area (Å²) in [5.74, 6) is 1.61. The van der Waals surface area contributed by atoms with Gasteiger partial charge in [0.2, 0.25) is 0 Å². The van der Waals surface area contributed by atoms with Gasteiger partial charge in [0.25, 0.3) is 0 Å². The average Bonchev–Trinajstić information content (AvgIpc) is 2.84. The third-order valence-electron chi connectivity index (χ3n) is 4.06. The van der Waals surface area contributed by atoms with E-state index in [1.807, 2.05) is 18.3 Å². The zero-order valence-corrected chi connectivity index (χ0v) is 12.0. The summed E-state index contributed by atoms with van der Waals surface area (Å²) >= 11 is 0. The van der Waals surface area contributed by atoms with E-state index in [9.17, 15) is 0 Å². The van der Waals surface area contributed by atoms with Crippen LogP contribution in [0.5, 0.6) is 0 Å². The lowest BCUT2D eigenvalue weighted by Gasteiger charge is -2.29. The van der Waals surface area contributed by atoms with E-state index in [0.717, 1.165) is 36.5 Å². The SMILES string of the molecule is CN1CCCC(c2nc3cccnc3n2CCCO)C1. The molecule has 20 heavy (non-hydrogen) atoms. The lowest BCUT2D eigenvalue weighted by atomic mass is 9.97. The predicted octanol–water partition coefficient (Wildman–Crippen LogP) is 1.62.